The quantitative estimate of drug-likeness (QED) is 0.752. The first-order valence-electron chi connectivity index (χ1n) is 6.99. The summed E-state index contributed by atoms with van der Waals surface area (Å²) in [6.45, 7) is 0.415. The van der Waals surface area contributed by atoms with Crippen LogP contribution in [0.1, 0.15) is 5.56 Å². The van der Waals surface area contributed by atoms with Crippen LogP contribution in [0.5, 0.6) is 0 Å². The van der Waals surface area contributed by atoms with E-state index in [1.165, 1.54) is 18.2 Å². The molecule has 3 aromatic rings. The van der Waals surface area contributed by atoms with Crippen molar-refractivity contribution >= 4 is 27.4 Å². The molecule has 24 heavy (non-hydrogen) atoms. The summed E-state index contributed by atoms with van der Waals surface area (Å²) >= 11 is 6.10. The Bertz CT molecular complexity index is 955. The number of rotatable bonds is 5. The van der Waals surface area contributed by atoms with Gasteiger partial charge in [0.1, 0.15) is 5.82 Å². The number of hydrogen-bond acceptors (Lipinski definition) is 3. The van der Waals surface area contributed by atoms with Gasteiger partial charge in [-0.15, -0.1) is 0 Å². The minimum atomic E-state index is -3.82. The lowest BCUT2D eigenvalue weighted by molar-refractivity contribution is 0.599. The fourth-order valence-electron chi connectivity index (χ4n) is 2.12. The van der Waals surface area contributed by atoms with E-state index in [0.29, 0.717) is 11.6 Å². The molecule has 0 saturated carbocycles. The van der Waals surface area contributed by atoms with Crippen molar-refractivity contribution in [1.82, 2.24) is 9.78 Å². The van der Waals surface area contributed by atoms with Crippen molar-refractivity contribution in [3.05, 3.63) is 77.2 Å². The van der Waals surface area contributed by atoms with E-state index in [4.69, 9.17) is 11.6 Å². The molecule has 0 aliphatic carbocycles. The molecule has 1 N–H and O–H groups in total. The monoisotopic (exact) mass is 365 g/mol. The van der Waals surface area contributed by atoms with Gasteiger partial charge in [-0.2, -0.15) is 5.10 Å². The SMILES string of the molecule is O=S(=O)(Nc1ccn(Cc2ccccc2Cl)n1)c1ccc(F)cc1. The Morgan fingerprint density at radius 1 is 1.08 bits per heavy atom. The Kier molecular flexibility index (Phi) is 4.55. The van der Waals surface area contributed by atoms with Crippen LogP contribution in [0.4, 0.5) is 10.2 Å². The van der Waals surface area contributed by atoms with Crippen molar-refractivity contribution < 1.29 is 12.8 Å². The van der Waals surface area contributed by atoms with Gasteiger partial charge in [0.05, 0.1) is 11.4 Å². The van der Waals surface area contributed by atoms with Gasteiger partial charge >= 0.3 is 0 Å². The largest absolute Gasteiger partial charge is 0.266 e. The minimum absolute atomic E-state index is 0.0375. The van der Waals surface area contributed by atoms with Gasteiger partial charge in [-0.25, -0.2) is 12.8 Å². The lowest BCUT2D eigenvalue weighted by Gasteiger charge is -2.06. The molecule has 2 aromatic carbocycles. The van der Waals surface area contributed by atoms with Crippen LogP contribution in [0.15, 0.2) is 65.7 Å². The van der Waals surface area contributed by atoms with Crippen LogP contribution in [0, 0.1) is 5.82 Å². The fourth-order valence-corrected chi connectivity index (χ4v) is 3.31. The zero-order valence-electron chi connectivity index (χ0n) is 12.4. The topological polar surface area (TPSA) is 64.0 Å². The summed E-state index contributed by atoms with van der Waals surface area (Å²) in [6.07, 6.45) is 1.64. The Balaban J connectivity index is 1.76. The van der Waals surface area contributed by atoms with Gasteiger partial charge in [0, 0.05) is 17.3 Å². The van der Waals surface area contributed by atoms with Crippen LogP contribution in [-0.2, 0) is 16.6 Å². The van der Waals surface area contributed by atoms with E-state index < -0.39 is 15.8 Å². The zero-order valence-corrected chi connectivity index (χ0v) is 13.9. The van der Waals surface area contributed by atoms with Crippen LogP contribution in [-0.4, -0.2) is 18.2 Å². The highest BCUT2D eigenvalue weighted by molar-refractivity contribution is 7.92. The summed E-state index contributed by atoms with van der Waals surface area (Å²) in [5, 5.41) is 4.78. The number of anilines is 1. The summed E-state index contributed by atoms with van der Waals surface area (Å²) in [7, 11) is -3.82. The lowest BCUT2D eigenvalue weighted by atomic mass is 10.2. The van der Waals surface area contributed by atoms with E-state index in [-0.39, 0.29) is 10.7 Å². The van der Waals surface area contributed by atoms with Gasteiger partial charge in [-0.05, 0) is 35.9 Å². The van der Waals surface area contributed by atoms with E-state index in [0.717, 1.165) is 17.7 Å². The second kappa shape index (κ2) is 6.62. The molecule has 0 radical (unpaired) electrons. The normalized spacial score (nSPS) is 11.4. The number of benzene rings is 2. The van der Waals surface area contributed by atoms with Crippen molar-refractivity contribution in [3.8, 4) is 0 Å². The first-order chi connectivity index (χ1) is 11.4. The summed E-state index contributed by atoms with van der Waals surface area (Å²) < 4.78 is 41.3. The number of halogens is 2. The van der Waals surface area contributed by atoms with Crippen molar-refractivity contribution in [2.75, 3.05) is 4.72 Å². The van der Waals surface area contributed by atoms with Crippen LogP contribution < -0.4 is 4.72 Å². The summed E-state index contributed by atoms with van der Waals surface area (Å²) in [5.41, 5.74) is 0.871. The van der Waals surface area contributed by atoms with Crippen molar-refractivity contribution in [3.63, 3.8) is 0 Å². The standard InChI is InChI=1S/C16H13ClFN3O2S/c17-15-4-2-1-3-12(15)11-21-10-9-16(19-21)20-24(22,23)14-7-5-13(18)6-8-14/h1-10H,11H2,(H,19,20). The molecule has 1 heterocycles. The van der Waals surface area contributed by atoms with Gasteiger partial charge in [-0.3, -0.25) is 9.40 Å². The van der Waals surface area contributed by atoms with E-state index in [9.17, 15) is 12.8 Å². The van der Waals surface area contributed by atoms with Gasteiger partial charge < -0.3 is 0 Å². The van der Waals surface area contributed by atoms with Crippen LogP contribution in [0.25, 0.3) is 0 Å². The van der Waals surface area contributed by atoms with Gasteiger partial charge in [0.15, 0.2) is 5.82 Å². The maximum absolute atomic E-state index is 12.9. The molecule has 0 atom stereocenters. The van der Waals surface area contributed by atoms with Crippen molar-refractivity contribution in [1.29, 1.82) is 0 Å². The lowest BCUT2D eigenvalue weighted by Crippen LogP contribution is -2.13. The summed E-state index contributed by atoms with van der Waals surface area (Å²) in [4.78, 5) is -0.0375. The fraction of sp³-hybridized carbons (Fsp3) is 0.0625. The van der Waals surface area contributed by atoms with Crippen molar-refractivity contribution in [2.24, 2.45) is 0 Å². The summed E-state index contributed by atoms with van der Waals surface area (Å²) in [5.74, 6) is -0.329. The molecule has 0 spiro atoms. The van der Waals surface area contributed by atoms with Crippen LogP contribution >= 0.6 is 11.6 Å². The third-order valence-electron chi connectivity index (χ3n) is 3.29. The Hall–Kier alpha value is -2.38. The van der Waals surface area contributed by atoms with Crippen LogP contribution in [0.3, 0.4) is 0 Å². The van der Waals surface area contributed by atoms with E-state index in [1.54, 1.807) is 16.9 Å². The Labute approximate surface area is 143 Å². The Morgan fingerprint density at radius 3 is 2.50 bits per heavy atom. The van der Waals surface area contributed by atoms with Gasteiger partial charge in [-0.1, -0.05) is 29.8 Å². The predicted molar refractivity (Wildman–Crippen MR) is 90.0 cm³/mol. The number of hydrogen-bond donors (Lipinski definition) is 1. The molecule has 0 aliphatic rings. The highest BCUT2D eigenvalue weighted by Crippen LogP contribution is 2.18. The average molecular weight is 366 g/mol. The Morgan fingerprint density at radius 2 is 1.79 bits per heavy atom. The van der Waals surface area contributed by atoms with Crippen LogP contribution in [0.2, 0.25) is 5.02 Å². The van der Waals surface area contributed by atoms with Crippen molar-refractivity contribution in [2.45, 2.75) is 11.4 Å². The maximum atomic E-state index is 12.9. The zero-order chi connectivity index (χ0) is 17.2. The highest BCUT2D eigenvalue weighted by atomic mass is 35.5. The van der Waals surface area contributed by atoms with E-state index >= 15 is 0 Å². The number of sulfonamides is 1. The number of aromatic nitrogens is 2. The molecule has 1 aromatic heterocycles. The second-order valence-electron chi connectivity index (χ2n) is 5.05. The molecule has 0 saturated heterocycles. The second-order valence-corrected chi connectivity index (χ2v) is 7.14. The number of nitrogens with one attached hydrogen (secondary N) is 1. The molecule has 0 bridgehead atoms. The molecule has 3 rings (SSSR count). The van der Waals surface area contributed by atoms with Gasteiger partial charge in [0.25, 0.3) is 10.0 Å². The highest BCUT2D eigenvalue weighted by Gasteiger charge is 2.15. The average Bonchev–Trinajstić information content (AvgIpc) is 2.96. The molecule has 124 valence electrons. The first-order valence-corrected chi connectivity index (χ1v) is 8.85. The van der Waals surface area contributed by atoms with E-state index in [1.807, 2.05) is 18.2 Å². The molecule has 5 nitrogen and oxygen atoms in total. The third-order valence-corrected chi connectivity index (χ3v) is 5.03. The molecule has 0 amide bonds. The molecular formula is C16H13ClFN3O2S. The molecular weight excluding hydrogens is 353 g/mol. The maximum Gasteiger partial charge on any atom is 0.263 e. The molecule has 0 aliphatic heterocycles. The third kappa shape index (κ3) is 3.74. The molecule has 0 fully saturated rings. The first kappa shape index (κ1) is 16.5. The van der Waals surface area contributed by atoms with E-state index in [2.05, 4.69) is 9.82 Å². The number of nitrogens with zero attached hydrogens (tertiary/aromatic N) is 2. The van der Waals surface area contributed by atoms with Gasteiger partial charge in [0.2, 0.25) is 0 Å². The smallest absolute Gasteiger partial charge is 0.263 e. The molecule has 0 unspecified atom stereocenters. The minimum Gasteiger partial charge on any atom is -0.266 e. The predicted octanol–water partition coefficient (Wildman–Crippen LogP) is 3.52. The summed E-state index contributed by atoms with van der Waals surface area (Å²) in [6, 6.07) is 13.4. The molecule has 8 heteroatoms.